The van der Waals surface area contributed by atoms with Gasteiger partial charge in [0.2, 0.25) is 0 Å². The van der Waals surface area contributed by atoms with Gasteiger partial charge in [-0.1, -0.05) is 36.4 Å². The minimum Gasteiger partial charge on any atom is -0.370 e. The number of fused-ring (bicyclic) bond motifs is 2. The number of carbonyl (C=O) groups is 1. The molecular formula is C24H20FN3O. The Kier molecular flexibility index (Phi) is 4.16. The number of likely N-dealkylation sites (N-methyl/N-ethyl adjacent to an activating group) is 1. The molecule has 3 heterocycles. The van der Waals surface area contributed by atoms with E-state index in [0.29, 0.717) is 17.7 Å². The van der Waals surface area contributed by atoms with Gasteiger partial charge in [0.15, 0.2) is 0 Å². The zero-order valence-electron chi connectivity index (χ0n) is 16.1. The zero-order valence-corrected chi connectivity index (χ0v) is 16.1. The van der Waals surface area contributed by atoms with Crippen molar-refractivity contribution in [3.05, 3.63) is 101 Å². The van der Waals surface area contributed by atoms with Crippen LogP contribution in [0.5, 0.6) is 0 Å². The Bertz CT molecular complexity index is 1150. The monoisotopic (exact) mass is 385 g/mol. The normalized spacial score (nSPS) is 15.2. The van der Waals surface area contributed by atoms with E-state index in [1.807, 2.05) is 18.2 Å². The van der Waals surface area contributed by atoms with Crippen LogP contribution in [0.15, 0.2) is 66.9 Å². The van der Waals surface area contributed by atoms with E-state index in [4.69, 9.17) is 0 Å². The first-order chi connectivity index (χ1) is 14.1. The average molecular weight is 385 g/mol. The van der Waals surface area contributed by atoms with Crippen LogP contribution in [0.4, 0.5) is 10.1 Å². The molecule has 2 aliphatic heterocycles. The van der Waals surface area contributed by atoms with Gasteiger partial charge in [-0.2, -0.15) is 0 Å². The van der Waals surface area contributed by atoms with Crippen molar-refractivity contribution in [2.75, 3.05) is 18.5 Å². The molecule has 29 heavy (non-hydrogen) atoms. The van der Waals surface area contributed by atoms with E-state index in [1.165, 1.54) is 0 Å². The first-order valence-electron chi connectivity index (χ1n) is 9.64. The van der Waals surface area contributed by atoms with Crippen molar-refractivity contribution < 1.29 is 9.18 Å². The minimum atomic E-state index is -0.295. The molecule has 1 amide bonds. The summed E-state index contributed by atoms with van der Waals surface area (Å²) >= 11 is 0. The third kappa shape index (κ3) is 2.99. The fourth-order valence-corrected chi connectivity index (χ4v) is 4.10. The average Bonchev–Trinajstić information content (AvgIpc) is 3.06. The van der Waals surface area contributed by atoms with E-state index >= 15 is 0 Å². The fourth-order valence-electron chi connectivity index (χ4n) is 4.10. The van der Waals surface area contributed by atoms with E-state index in [0.717, 1.165) is 34.6 Å². The molecular weight excluding hydrogens is 365 g/mol. The van der Waals surface area contributed by atoms with Crippen molar-refractivity contribution in [1.82, 2.24) is 9.88 Å². The van der Waals surface area contributed by atoms with Crippen LogP contribution in [0, 0.1) is 5.82 Å². The zero-order chi connectivity index (χ0) is 20.0. The van der Waals surface area contributed by atoms with Crippen LogP contribution in [0.1, 0.15) is 32.7 Å². The van der Waals surface area contributed by atoms with Gasteiger partial charge in [-0.15, -0.1) is 0 Å². The molecule has 2 aliphatic rings. The Morgan fingerprint density at radius 2 is 1.90 bits per heavy atom. The second-order valence-electron chi connectivity index (χ2n) is 7.48. The molecule has 5 rings (SSSR count). The van der Waals surface area contributed by atoms with Crippen LogP contribution < -0.4 is 4.90 Å². The Morgan fingerprint density at radius 1 is 1.07 bits per heavy atom. The van der Waals surface area contributed by atoms with Crippen LogP contribution >= 0.6 is 0 Å². The second-order valence-corrected chi connectivity index (χ2v) is 7.48. The Hall–Kier alpha value is -3.47. The van der Waals surface area contributed by atoms with Crippen LogP contribution in [0.3, 0.4) is 0 Å². The summed E-state index contributed by atoms with van der Waals surface area (Å²) in [5.41, 5.74) is 6.01. The molecule has 4 nitrogen and oxygen atoms in total. The number of halogens is 1. The van der Waals surface area contributed by atoms with Crippen molar-refractivity contribution in [2.45, 2.75) is 13.1 Å². The minimum absolute atomic E-state index is 0.0940. The van der Waals surface area contributed by atoms with Gasteiger partial charge < -0.3 is 9.80 Å². The maximum Gasteiger partial charge on any atom is 0.256 e. The molecule has 3 aromatic rings. The van der Waals surface area contributed by atoms with Crippen molar-refractivity contribution >= 4 is 17.2 Å². The molecule has 0 fully saturated rings. The number of para-hydroxylation sites is 1. The number of nitrogens with zero attached hydrogens (tertiary/aromatic N) is 3. The summed E-state index contributed by atoms with van der Waals surface area (Å²) in [6.45, 7) is 1.43. The number of hydrogen-bond donors (Lipinski definition) is 0. The highest BCUT2D eigenvalue weighted by atomic mass is 19.1. The fraction of sp³-hybridized carbons (Fsp3) is 0.167. The number of rotatable bonds is 3. The predicted molar refractivity (Wildman–Crippen MR) is 111 cm³/mol. The quantitative estimate of drug-likeness (QED) is 0.676. The summed E-state index contributed by atoms with van der Waals surface area (Å²) in [7, 11) is 2.05. The molecule has 0 saturated carbocycles. The highest BCUT2D eigenvalue weighted by Gasteiger charge is 2.28. The molecule has 0 spiro atoms. The molecule has 0 bridgehead atoms. The van der Waals surface area contributed by atoms with Crippen LogP contribution in [-0.2, 0) is 13.1 Å². The molecule has 5 heteroatoms. The molecule has 1 aromatic heterocycles. The first kappa shape index (κ1) is 17.6. The van der Waals surface area contributed by atoms with E-state index in [9.17, 15) is 9.18 Å². The topological polar surface area (TPSA) is 36.4 Å². The number of hydrogen-bond acceptors (Lipinski definition) is 3. The molecule has 0 radical (unpaired) electrons. The molecule has 0 aliphatic carbocycles. The van der Waals surface area contributed by atoms with Gasteiger partial charge in [-0.25, -0.2) is 4.39 Å². The summed E-state index contributed by atoms with van der Waals surface area (Å²) in [5, 5.41) is 0. The van der Waals surface area contributed by atoms with Gasteiger partial charge in [-0.05, 0) is 35.4 Å². The highest BCUT2D eigenvalue weighted by molar-refractivity contribution is 5.97. The molecule has 144 valence electrons. The van der Waals surface area contributed by atoms with Gasteiger partial charge >= 0.3 is 0 Å². The standard InChI is InChI=1S/C24H20FN3O/c1-27-12-10-18(19-5-2-3-7-23(19)27)16-8-9-17(21(25)13-16)14-28-15-22-20(24(28)29)6-4-11-26-22/h2-11,13H,12,14-15H2,1H3. The van der Waals surface area contributed by atoms with Gasteiger partial charge in [0, 0.05) is 43.1 Å². The first-order valence-corrected chi connectivity index (χ1v) is 9.64. The van der Waals surface area contributed by atoms with Crippen molar-refractivity contribution in [2.24, 2.45) is 0 Å². The number of benzene rings is 2. The summed E-state index contributed by atoms with van der Waals surface area (Å²) in [6.07, 6.45) is 3.81. The maximum atomic E-state index is 15.0. The van der Waals surface area contributed by atoms with Gasteiger partial charge in [0.05, 0.1) is 17.8 Å². The molecule has 0 N–H and O–H groups in total. The predicted octanol–water partition coefficient (Wildman–Crippen LogP) is 4.26. The van der Waals surface area contributed by atoms with E-state index in [1.54, 1.807) is 35.4 Å². The van der Waals surface area contributed by atoms with Gasteiger partial charge in [0.25, 0.3) is 5.91 Å². The smallest absolute Gasteiger partial charge is 0.256 e. The summed E-state index contributed by atoms with van der Waals surface area (Å²) in [4.78, 5) is 20.6. The number of carbonyl (C=O) groups excluding carboxylic acids is 1. The number of pyridine rings is 1. The Balaban J connectivity index is 1.42. The van der Waals surface area contributed by atoms with Crippen LogP contribution in [-0.4, -0.2) is 29.4 Å². The lowest BCUT2D eigenvalue weighted by Crippen LogP contribution is -2.24. The number of anilines is 1. The lowest BCUT2D eigenvalue weighted by Gasteiger charge is -2.27. The second kappa shape index (κ2) is 6.85. The molecule has 0 unspecified atom stereocenters. The van der Waals surface area contributed by atoms with E-state index in [2.05, 4.69) is 35.1 Å². The van der Waals surface area contributed by atoms with Crippen molar-refractivity contribution in [1.29, 1.82) is 0 Å². The largest absolute Gasteiger partial charge is 0.370 e. The summed E-state index contributed by atoms with van der Waals surface area (Å²) in [5.74, 6) is -0.389. The molecule has 0 atom stereocenters. The van der Waals surface area contributed by atoms with Gasteiger partial charge in [-0.3, -0.25) is 9.78 Å². The third-order valence-corrected chi connectivity index (χ3v) is 5.65. The van der Waals surface area contributed by atoms with E-state index in [-0.39, 0.29) is 18.3 Å². The lowest BCUT2D eigenvalue weighted by molar-refractivity contribution is 0.0765. The Morgan fingerprint density at radius 3 is 2.72 bits per heavy atom. The van der Waals surface area contributed by atoms with Crippen LogP contribution in [0.25, 0.3) is 5.57 Å². The Labute approximate surface area is 168 Å². The SMILES string of the molecule is CN1CC=C(c2ccc(CN3Cc4ncccc4C3=O)c(F)c2)c2ccccc21. The van der Waals surface area contributed by atoms with E-state index < -0.39 is 0 Å². The maximum absolute atomic E-state index is 15.0. The summed E-state index contributed by atoms with van der Waals surface area (Å²) < 4.78 is 15.0. The molecule has 0 saturated heterocycles. The third-order valence-electron chi connectivity index (χ3n) is 5.65. The van der Waals surface area contributed by atoms with Crippen LogP contribution in [0.2, 0.25) is 0 Å². The lowest BCUT2D eigenvalue weighted by atomic mass is 9.92. The van der Waals surface area contributed by atoms with Gasteiger partial charge in [0.1, 0.15) is 5.82 Å². The molecule has 2 aromatic carbocycles. The van der Waals surface area contributed by atoms with Crippen molar-refractivity contribution in [3.8, 4) is 0 Å². The number of aromatic nitrogens is 1. The summed E-state index contributed by atoms with van der Waals surface area (Å²) in [6, 6.07) is 17.0. The number of amides is 1. The highest BCUT2D eigenvalue weighted by Crippen LogP contribution is 2.35. The van der Waals surface area contributed by atoms with Crippen molar-refractivity contribution in [3.63, 3.8) is 0 Å².